The lowest BCUT2D eigenvalue weighted by Crippen LogP contribution is -2.40. The molecule has 7 heteroatoms. The summed E-state index contributed by atoms with van der Waals surface area (Å²) in [5, 5.41) is 23.5. The zero-order chi connectivity index (χ0) is 24.2. The molecule has 36 heavy (non-hydrogen) atoms. The Balaban J connectivity index is 0.00000324. The average Bonchev–Trinajstić information content (AvgIpc) is 2.86. The van der Waals surface area contributed by atoms with Crippen molar-refractivity contribution in [1.82, 2.24) is 10.2 Å². The van der Waals surface area contributed by atoms with E-state index in [0.29, 0.717) is 6.04 Å². The van der Waals surface area contributed by atoms with Crippen molar-refractivity contribution >= 4 is 24.8 Å². The molecule has 0 aromatic heterocycles. The minimum atomic E-state index is 0. The van der Waals surface area contributed by atoms with Crippen LogP contribution in [0.4, 0.5) is 0 Å². The summed E-state index contributed by atoms with van der Waals surface area (Å²) in [5.41, 5.74) is 3.44. The molecule has 0 fully saturated rings. The Morgan fingerprint density at radius 2 is 1.69 bits per heavy atom. The van der Waals surface area contributed by atoms with E-state index in [9.17, 15) is 10.2 Å². The Bertz CT molecular complexity index is 882. The normalized spacial score (nSPS) is 14.6. The number of aryl methyl sites for hydroxylation is 1. The van der Waals surface area contributed by atoms with Crippen molar-refractivity contribution in [2.24, 2.45) is 0 Å². The number of ether oxygens (including phenoxy) is 1. The first-order valence-corrected chi connectivity index (χ1v) is 13.2. The van der Waals surface area contributed by atoms with Gasteiger partial charge in [-0.15, -0.1) is 24.8 Å². The minimum Gasteiger partial charge on any atom is -0.504 e. The number of methoxy groups -OCH3 is 1. The largest absolute Gasteiger partial charge is 0.504 e. The highest BCUT2D eigenvalue weighted by atomic mass is 35.5. The standard InChI is InChI=1S/C29H44N2O3.2ClH/c1-3-20-31(25-15-16-26-24(22-25)14-17-27(32)29(26)33)21-9-5-4-8-18-30-19-10-12-23-11-6-7-13-28(23)34-2;;/h6-7,11,13-14,17,25,30,32-33H,3-5,8-10,12,15-16,18-22H2,1-2H3;2*1H/t25-;;/m0../s1. The van der Waals surface area contributed by atoms with Gasteiger partial charge in [0, 0.05) is 11.6 Å². The SMILES string of the molecule is CCCN(CCCCCCNCCCc1ccccc1OC)[C@H]1CCc2c(ccc(O)c2O)C1.Cl.Cl. The van der Waals surface area contributed by atoms with Crippen molar-refractivity contribution in [2.45, 2.75) is 77.2 Å². The number of rotatable bonds is 15. The van der Waals surface area contributed by atoms with Crippen LogP contribution < -0.4 is 10.1 Å². The predicted molar refractivity (Wildman–Crippen MR) is 155 cm³/mol. The number of fused-ring (bicyclic) bond motifs is 1. The van der Waals surface area contributed by atoms with Crippen LogP contribution in [0.15, 0.2) is 36.4 Å². The summed E-state index contributed by atoms with van der Waals surface area (Å²) in [6.45, 7) is 6.70. The smallest absolute Gasteiger partial charge is 0.160 e. The molecule has 0 radical (unpaired) electrons. The number of nitrogens with one attached hydrogen (secondary N) is 1. The number of benzene rings is 2. The minimum absolute atomic E-state index is 0. The Morgan fingerprint density at radius 3 is 2.47 bits per heavy atom. The second kappa shape index (κ2) is 17.7. The number of hydrogen-bond acceptors (Lipinski definition) is 5. The molecular formula is C29H46Cl2N2O3. The molecule has 0 aliphatic heterocycles. The second-order valence-corrected chi connectivity index (χ2v) is 9.58. The maximum atomic E-state index is 10.2. The number of nitrogens with zero attached hydrogens (tertiary/aromatic N) is 1. The van der Waals surface area contributed by atoms with E-state index in [1.54, 1.807) is 13.2 Å². The zero-order valence-electron chi connectivity index (χ0n) is 22.0. The van der Waals surface area contributed by atoms with E-state index in [1.165, 1.54) is 43.2 Å². The van der Waals surface area contributed by atoms with Gasteiger partial charge in [-0.2, -0.15) is 0 Å². The molecule has 0 amide bonds. The molecule has 1 atom stereocenters. The average molecular weight is 542 g/mol. The van der Waals surface area contributed by atoms with Crippen LogP contribution in [0, 0.1) is 0 Å². The molecule has 0 bridgehead atoms. The maximum Gasteiger partial charge on any atom is 0.160 e. The topological polar surface area (TPSA) is 65.0 Å². The van der Waals surface area contributed by atoms with E-state index >= 15 is 0 Å². The van der Waals surface area contributed by atoms with Crippen molar-refractivity contribution in [3.8, 4) is 17.2 Å². The Labute approximate surface area is 230 Å². The monoisotopic (exact) mass is 540 g/mol. The van der Waals surface area contributed by atoms with Crippen molar-refractivity contribution in [2.75, 3.05) is 33.3 Å². The van der Waals surface area contributed by atoms with Gasteiger partial charge >= 0.3 is 0 Å². The lowest BCUT2D eigenvalue weighted by atomic mass is 9.86. The van der Waals surface area contributed by atoms with E-state index in [4.69, 9.17) is 4.74 Å². The summed E-state index contributed by atoms with van der Waals surface area (Å²) < 4.78 is 5.43. The summed E-state index contributed by atoms with van der Waals surface area (Å²) in [4.78, 5) is 2.66. The number of phenolic OH excluding ortho intramolecular Hbond substituents is 2. The molecule has 3 rings (SSSR count). The molecule has 2 aromatic rings. The molecule has 1 aliphatic rings. The first-order valence-electron chi connectivity index (χ1n) is 13.2. The third kappa shape index (κ3) is 9.66. The molecule has 204 valence electrons. The number of halogens is 2. The van der Waals surface area contributed by atoms with Crippen molar-refractivity contribution in [3.05, 3.63) is 53.1 Å². The van der Waals surface area contributed by atoms with Crippen molar-refractivity contribution in [1.29, 1.82) is 0 Å². The summed E-state index contributed by atoms with van der Waals surface area (Å²) in [6, 6.07) is 12.5. The van der Waals surface area contributed by atoms with Gasteiger partial charge in [-0.05, 0) is 101 Å². The van der Waals surface area contributed by atoms with E-state index in [-0.39, 0.29) is 36.3 Å². The predicted octanol–water partition coefficient (Wildman–Crippen LogP) is 6.30. The van der Waals surface area contributed by atoms with Crippen LogP contribution in [0.2, 0.25) is 0 Å². The van der Waals surface area contributed by atoms with Crippen molar-refractivity contribution in [3.63, 3.8) is 0 Å². The number of hydrogen-bond donors (Lipinski definition) is 3. The van der Waals surface area contributed by atoms with E-state index in [1.807, 2.05) is 18.2 Å². The van der Waals surface area contributed by atoms with Gasteiger partial charge in [0.15, 0.2) is 11.5 Å². The molecule has 0 heterocycles. The molecule has 3 N–H and O–H groups in total. The molecule has 0 saturated carbocycles. The molecular weight excluding hydrogens is 495 g/mol. The highest BCUT2D eigenvalue weighted by Gasteiger charge is 2.26. The summed E-state index contributed by atoms with van der Waals surface area (Å²) >= 11 is 0. The fraction of sp³-hybridized carbons (Fsp3) is 0.586. The quantitative estimate of drug-likeness (QED) is 0.182. The molecule has 1 aliphatic carbocycles. The third-order valence-electron chi connectivity index (χ3n) is 7.11. The van der Waals surface area contributed by atoms with Gasteiger partial charge in [-0.25, -0.2) is 0 Å². The molecule has 0 spiro atoms. The second-order valence-electron chi connectivity index (χ2n) is 9.58. The lowest BCUT2D eigenvalue weighted by Gasteiger charge is -2.35. The van der Waals surface area contributed by atoms with Crippen LogP contribution >= 0.6 is 24.8 Å². The van der Waals surface area contributed by atoms with Gasteiger partial charge in [-0.1, -0.05) is 44.0 Å². The first kappa shape index (κ1) is 32.4. The lowest BCUT2D eigenvalue weighted by molar-refractivity contribution is 0.175. The van der Waals surface area contributed by atoms with Crippen LogP contribution in [0.25, 0.3) is 0 Å². The Kier molecular flexibility index (Phi) is 15.9. The highest BCUT2D eigenvalue weighted by Crippen LogP contribution is 2.36. The van der Waals surface area contributed by atoms with E-state index in [2.05, 4.69) is 29.3 Å². The molecule has 0 unspecified atom stereocenters. The van der Waals surface area contributed by atoms with Gasteiger partial charge in [0.05, 0.1) is 7.11 Å². The number of phenols is 2. The van der Waals surface area contributed by atoms with E-state index in [0.717, 1.165) is 69.6 Å². The summed E-state index contributed by atoms with van der Waals surface area (Å²) in [5.74, 6) is 1.09. The van der Waals surface area contributed by atoms with Crippen LogP contribution in [0.1, 0.15) is 68.6 Å². The zero-order valence-corrected chi connectivity index (χ0v) is 23.6. The fourth-order valence-corrected chi connectivity index (χ4v) is 5.24. The first-order chi connectivity index (χ1) is 16.6. The molecule has 2 aromatic carbocycles. The van der Waals surface area contributed by atoms with Gasteiger partial charge in [-0.3, -0.25) is 0 Å². The summed E-state index contributed by atoms with van der Waals surface area (Å²) in [6.07, 6.45) is 11.3. The number of unbranched alkanes of at least 4 members (excludes halogenated alkanes) is 3. The summed E-state index contributed by atoms with van der Waals surface area (Å²) in [7, 11) is 1.74. The Morgan fingerprint density at radius 1 is 0.944 bits per heavy atom. The number of para-hydroxylation sites is 1. The fourth-order valence-electron chi connectivity index (χ4n) is 5.24. The van der Waals surface area contributed by atoms with Crippen LogP contribution in [-0.2, 0) is 19.3 Å². The molecule has 5 nitrogen and oxygen atoms in total. The van der Waals surface area contributed by atoms with Gasteiger partial charge in [0.2, 0.25) is 0 Å². The van der Waals surface area contributed by atoms with Crippen LogP contribution in [-0.4, -0.2) is 54.4 Å². The van der Waals surface area contributed by atoms with Gasteiger partial charge in [0.25, 0.3) is 0 Å². The van der Waals surface area contributed by atoms with Crippen LogP contribution in [0.5, 0.6) is 17.2 Å². The van der Waals surface area contributed by atoms with Crippen molar-refractivity contribution < 1.29 is 14.9 Å². The molecule has 0 saturated heterocycles. The highest BCUT2D eigenvalue weighted by molar-refractivity contribution is 5.85. The van der Waals surface area contributed by atoms with Gasteiger partial charge < -0.3 is 25.2 Å². The van der Waals surface area contributed by atoms with Gasteiger partial charge in [0.1, 0.15) is 5.75 Å². The van der Waals surface area contributed by atoms with Crippen LogP contribution in [0.3, 0.4) is 0 Å². The van der Waals surface area contributed by atoms with E-state index < -0.39 is 0 Å². The Hall–Kier alpha value is -1.66. The maximum absolute atomic E-state index is 10.2. The third-order valence-corrected chi connectivity index (χ3v) is 7.11. The number of aromatic hydroxyl groups is 2.